The van der Waals surface area contributed by atoms with Gasteiger partial charge in [0.2, 0.25) is 0 Å². The molecule has 47 heavy (non-hydrogen) atoms. The number of para-hydroxylation sites is 2. The second-order valence-corrected chi connectivity index (χ2v) is 13.1. The van der Waals surface area contributed by atoms with Crippen LogP contribution < -0.4 is 0 Å². The van der Waals surface area contributed by atoms with Crippen LogP contribution in [0.2, 0.25) is 0 Å². The van der Waals surface area contributed by atoms with E-state index in [0.29, 0.717) is 0 Å². The number of thiophene rings is 1. The summed E-state index contributed by atoms with van der Waals surface area (Å²) < 4.78 is 11.6. The minimum Gasteiger partial charge on any atom is -0.456 e. The van der Waals surface area contributed by atoms with Crippen molar-refractivity contribution in [3.8, 4) is 39.1 Å². The van der Waals surface area contributed by atoms with Crippen molar-refractivity contribution in [3.63, 3.8) is 0 Å². The Balaban J connectivity index is 1.15. The molecule has 0 radical (unpaired) electrons. The number of hydrogen-bond donors (Lipinski definition) is 0. The van der Waals surface area contributed by atoms with Gasteiger partial charge in [0.25, 0.3) is 0 Å². The van der Waals surface area contributed by atoms with Crippen molar-refractivity contribution in [2.45, 2.75) is 0 Å². The summed E-state index contributed by atoms with van der Waals surface area (Å²) in [5.74, 6) is 0. The summed E-state index contributed by atoms with van der Waals surface area (Å²) in [4.78, 5) is 0. The molecule has 7 aromatic carbocycles. The molecule has 10 rings (SSSR count). The highest BCUT2D eigenvalue weighted by Crippen LogP contribution is 2.47. The maximum atomic E-state index is 6.52. The van der Waals surface area contributed by atoms with Gasteiger partial charge in [-0.15, -0.1) is 11.3 Å². The second kappa shape index (κ2) is 10.3. The third-order valence-electron chi connectivity index (χ3n) is 9.43. The molecule has 220 valence electrons. The van der Waals surface area contributed by atoms with Gasteiger partial charge in [-0.2, -0.15) is 0 Å². The summed E-state index contributed by atoms with van der Waals surface area (Å²) in [5.41, 5.74) is 12.7. The van der Waals surface area contributed by atoms with Crippen molar-refractivity contribution in [2.24, 2.45) is 0 Å². The van der Waals surface area contributed by atoms with E-state index >= 15 is 0 Å². The molecular formula is C44H27NOS. The first-order chi connectivity index (χ1) is 23.3. The number of aromatic nitrogens is 1. The fourth-order valence-corrected chi connectivity index (χ4v) is 8.62. The number of nitrogens with zero attached hydrogens (tertiary/aromatic N) is 1. The highest BCUT2D eigenvalue weighted by atomic mass is 32.1. The molecule has 0 saturated heterocycles. The van der Waals surface area contributed by atoms with Crippen LogP contribution >= 0.6 is 11.3 Å². The van der Waals surface area contributed by atoms with E-state index in [-0.39, 0.29) is 0 Å². The molecule has 3 heteroatoms. The average molecular weight is 618 g/mol. The zero-order valence-electron chi connectivity index (χ0n) is 25.4. The van der Waals surface area contributed by atoms with Crippen LogP contribution in [0.5, 0.6) is 0 Å². The topological polar surface area (TPSA) is 18.1 Å². The second-order valence-electron chi connectivity index (χ2n) is 12.1. The number of fused-ring (bicyclic) bond motifs is 8. The monoisotopic (exact) mass is 617 g/mol. The average Bonchev–Trinajstić information content (AvgIpc) is 3.80. The van der Waals surface area contributed by atoms with Crippen LogP contribution in [0.1, 0.15) is 0 Å². The SMILES string of the molecule is c1ccc(-c2ccc3c(c2)oc2cc(-c4ccccc4-c4cccc5c4sc4c6ccccc6n(-c6ccccc6)c54)ccc23)cc1. The maximum Gasteiger partial charge on any atom is 0.136 e. The summed E-state index contributed by atoms with van der Waals surface area (Å²) in [6, 6.07) is 58.7. The van der Waals surface area contributed by atoms with Crippen LogP contribution in [0, 0.1) is 0 Å². The molecule has 0 spiro atoms. The molecule has 3 aromatic heterocycles. The highest BCUT2D eigenvalue weighted by molar-refractivity contribution is 7.27. The molecule has 0 aliphatic heterocycles. The van der Waals surface area contributed by atoms with Crippen LogP contribution in [0.3, 0.4) is 0 Å². The standard InChI is InChI=1S/C44H27NOS/c1-3-12-28(13-4-1)29-22-24-34-35-25-23-30(27-41(35)46-40(34)26-29)32-16-7-8-17-33(32)36-19-11-20-38-42-44(47-43(36)38)37-18-9-10-21-39(37)45(42)31-14-5-2-6-15-31/h1-27H. The van der Waals surface area contributed by atoms with Gasteiger partial charge in [-0.05, 0) is 70.3 Å². The van der Waals surface area contributed by atoms with Crippen LogP contribution in [-0.4, -0.2) is 4.57 Å². The van der Waals surface area contributed by atoms with Crippen LogP contribution in [0.25, 0.3) is 92.2 Å². The summed E-state index contributed by atoms with van der Waals surface area (Å²) in [6.45, 7) is 0. The van der Waals surface area contributed by atoms with Crippen molar-refractivity contribution >= 4 is 64.5 Å². The molecule has 10 aromatic rings. The van der Waals surface area contributed by atoms with Gasteiger partial charge < -0.3 is 8.98 Å². The van der Waals surface area contributed by atoms with E-state index in [1.807, 2.05) is 17.4 Å². The fraction of sp³-hybridized carbons (Fsp3) is 0. The smallest absolute Gasteiger partial charge is 0.136 e. The van der Waals surface area contributed by atoms with Gasteiger partial charge in [0.15, 0.2) is 0 Å². The first-order valence-corrected chi connectivity index (χ1v) is 16.7. The van der Waals surface area contributed by atoms with Crippen LogP contribution in [-0.2, 0) is 0 Å². The summed E-state index contributed by atoms with van der Waals surface area (Å²) >= 11 is 1.90. The van der Waals surface area contributed by atoms with E-state index in [2.05, 4.69) is 162 Å². The number of hydrogen-bond acceptors (Lipinski definition) is 2. The Labute approximate surface area is 275 Å². The maximum absolute atomic E-state index is 6.52. The van der Waals surface area contributed by atoms with Gasteiger partial charge in [-0.25, -0.2) is 0 Å². The minimum atomic E-state index is 0.904. The predicted molar refractivity (Wildman–Crippen MR) is 200 cm³/mol. The van der Waals surface area contributed by atoms with Crippen molar-refractivity contribution in [3.05, 3.63) is 164 Å². The van der Waals surface area contributed by atoms with Crippen molar-refractivity contribution in [1.82, 2.24) is 4.57 Å². The van der Waals surface area contributed by atoms with Gasteiger partial charge in [-0.3, -0.25) is 0 Å². The normalized spacial score (nSPS) is 11.8. The Morgan fingerprint density at radius 2 is 1.02 bits per heavy atom. The Morgan fingerprint density at radius 3 is 1.83 bits per heavy atom. The van der Waals surface area contributed by atoms with E-state index < -0.39 is 0 Å². The van der Waals surface area contributed by atoms with Crippen LogP contribution in [0.15, 0.2) is 168 Å². The Bertz CT molecular complexity index is 2780. The van der Waals surface area contributed by atoms with Gasteiger partial charge in [0.05, 0.1) is 15.7 Å². The van der Waals surface area contributed by atoms with Gasteiger partial charge in [-0.1, -0.05) is 121 Å². The van der Waals surface area contributed by atoms with Crippen molar-refractivity contribution in [2.75, 3.05) is 0 Å². The highest BCUT2D eigenvalue weighted by Gasteiger charge is 2.20. The van der Waals surface area contributed by atoms with E-state index in [1.165, 1.54) is 59.1 Å². The minimum absolute atomic E-state index is 0.904. The molecule has 0 saturated carbocycles. The molecule has 2 nitrogen and oxygen atoms in total. The van der Waals surface area contributed by atoms with Gasteiger partial charge in [0, 0.05) is 37.5 Å². The molecule has 0 unspecified atom stereocenters. The molecule has 3 heterocycles. The first kappa shape index (κ1) is 26.3. The Hall–Kier alpha value is -5.90. The van der Waals surface area contributed by atoms with E-state index in [4.69, 9.17) is 4.42 Å². The molecule has 0 bridgehead atoms. The Morgan fingerprint density at radius 1 is 0.404 bits per heavy atom. The summed E-state index contributed by atoms with van der Waals surface area (Å²) in [7, 11) is 0. The number of benzene rings is 7. The van der Waals surface area contributed by atoms with Crippen molar-refractivity contribution in [1.29, 1.82) is 0 Å². The first-order valence-electron chi connectivity index (χ1n) is 15.9. The van der Waals surface area contributed by atoms with E-state index in [0.717, 1.165) is 33.1 Å². The molecule has 0 N–H and O–H groups in total. The molecule has 0 aliphatic carbocycles. The molecule has 0 aliphatic rings. The fourth-order valence-electron chi connectivity index (χ4n) is 7.27. The third kappa shape index (κ3) is 4.04. The van der Waals surface area contributed by atoms with Crippen LogP contribution in [0.4, 0.5) is 0 Å². The summed E-state index contributed by atoms with van der Waals surface area (Å²) in [5, 5.41) is 4.84. The Kier molecular flexibility index (Phi) is 5.78. The van der Waals surface area contributed by atoms with Gasteiger partial charge in [0.1, 0.15) is 11.2 Å². The lowest BCUT2D eigenvalue weighted by molar-refractivity contribution is 0.669. The molecule has 0 atom stereocenters. The van der Waals surface area contributed by atoms with E-state index in [1.54, 1.807) is 0 Å². The zero-order chi connectivity index (χ0) is 30.9. The van der Waals surface area contributed by atoms with Gasteiger partial charge >= 0.3 is 0 Å². The quantitative estimate of drug-likeness (QED) is 0.192. The molecule has 0 fully saturated rings. The van der Waals surface area contributed by atoms with E-state index in [9.17, 15) is 0 Å². The number of rotatable bonds is 4. The predicted octanol–water partition coefficient (Wildman–Crippen LogP) is 12.9. The lowest BCUT2D eigenvalue weighted by Gasteiger charge is -2.12. The summed E-state index contributed by atoms with van der Waals surface area (Å²) in [6.07, 6.45) is 0. The zero-order valence-corrected chi connectivity index (χ0v) is 26.2. The molecular weight excluding hydrogens is 591 g/mol. The number of furan rings is 1. The molecule has 0 amide bonds. The lowest BCUT2D eigenvalue weighted by atomic mass is 9.93. The van der Waals surface area contributed by atoms with Crippen molar-refractivity contribution < 1.29 is 4.42 Å². The third-order valence-corrected chi connectivity index (χ3v) is 10.7. The lowest BCUT2D eigenvalue weighted by Crippen LogP contribution is -1.93. The largest absolute Gasteiger partial charge is 0.456 e.